The third kappa shape index (κ3) is 3.92. The number of carboxylic acid groups (broad SMARTS) is 2. The third-order valence-electron chi connectivity index (χ3n) is 3.12. The number of carbonyl (C=O) groups excluding carboxylic acids is 2. The molecule has 2 saturated heterocycles. The largest absolute Gasteiger partial charge is 0.481 e. The van der Waals surface area contributed by atoms with E-state index in [2.05, 4.69) is 0 Å². The number of ether oxygens (including phenoxy) is 4. The Balaban J connectivity index is 1.86. The van der Waals surface area contributed by atoms with E-state index in [1.165, 1.54) is 0 Å². The first-order valence-corrected chi connectivity index (χ1v) is 6.42. The maximum atomic E-state index is 11.3. The van der Waals surface area contributed by atoms with Crippen molar-refractivity contribution in [1.82, 2.24) is 0 Å². The number of esters is 2. The van der Waals surface area contributed by atoms with Crippen molar-refractivity contribution in [3.63, 3.8) is 0 Å². The predicted octanol–water partition coefficient (Wildman–Crippen LogP) is -1.44. The smallest absolute Gasteiger partial charge is 0.317 e. The molecule has 0 aromatic carbocycles. The molecule has 0 saturated carbocycles. The van der Waals surface area contributed by atoms with Gasteiger partial charge in [-0.1, -0.05) is 0 Å². The molecule has 0 bridgehead atoms. The van der Waals surface area contributed by atoms with E-state index >= 15 is 0 Å². The molecule has 0 unspecified atom stereocenters. The number of aliphatic carboxylic acids is 2. The Bertz CT molecular complexity index is 442. The van der Waals surface area contributed by atoms with Crippen molar-refractivity contribution >= 4 is 23.9 Å². The minimum absolute atomic E-state index is 0.0202. The molecule has 10 heteroatoms. The van der Waals surface area contributed by atoms with Crippen LogP contribution in [0.1, 0.15) is 12.8 Å². The number of carboxylic acids is 2. The Hall–Kier alpha value is -2.20. The van der Waals surface area contributed by atoms with Crippen molar-refractivity contribution in [1.29, 1.82) is 0 Å². The fourth-order valence-corrected chi connectivity index (χ4v) is 2.30. The molecule has 0 aliphatic carbocycles. The zero-order valence-corrected chi connectivity index (χ0v) is 11.3. The zero-order chi connectivity index (χ0) is 16.3. The maximum absolute atomic E-state index is 11.3. The van der Waals surface area contributed by atoms with Gasteiger partial charge in [0.2, 0.25) is 0 Å². The lowest BCUT2D eigenvalue weighted by Gasteiger charge is -2.16. The highest BCUT2D eigenvalue weighted by Crippen LogP contribution is 2.30. The molecule has 22 heavy (non-hydrogen) atoms. The zero-order valence-electron chi connectivity index (χ0n) is 11.3. The first-order valence-electron chi connectivity index (χ1n) is 6.42. The summed E-state index contributed by atoms with van der Waals surface area (Å²) in [5.74, 6) is -4.46. The summed E-state index contributed by atoms with van der Waals surface area (Å²) in [6.07, 6.45) is -4.49. The molecule has 2 N–H and O–H groups in total. The summed E-state index contributed by atoms with van der Waals surface area (Å²) in [5.41, 5.74) is 0. The number of hydrogen-bond acceptors (Lipinski definition) is 8. The van der Waals surface area contributed by atoms with Crippen LogP contribution in [0.25, 0.3) is 0 Å². The molecule has 2 aliphatic heterocycles. The topological polar surface area (TPSA) is 146 Å². The number of hydrogen-bond donors (Lipinski definition) is 2. The molecule has 2 aliphatic rings. The average molecular weight is 318 g/mol. The predicted molar refractivity (Wildman–Crippen MR) is 63.7 cm³/mol. The first kappa shape index (κ1) is 16.2. The summed E-state index contributed by atoms with van der Waals surface area (Å²) < 4.78 is 20.6. The van der Waals surface area contributed by atoms with Crippen molar-refractivity contribution in [2.24, 2.45) is 0 Å². The summed E-state index contributed by atoms with van der Waals surface area (Å²) in [6.45, 7) is -0.0403. The molecule has 2 rings (SSSR count). The summed E-state index contributed by atoms with van der Waals surface area (Å²) in [4.78, 5) is 43.4. The molecular formula is C12H14O10. The second-order valence-corrected chi connectivity index (χ2v) is 4.79. The molecule has 4 atom stereocenters. The highest BCUT2D eigenvalue weighted by molar-refractivity contribution is 5.90. The van der Waals surface area contributed by atoms with Gasteiger partial charge in [-0.05, 0) is 0 Å². The molecular weight excluding hydrogens is 304 g/mol. The van der Waals surface area contributed by atoms with Crippen LogP contribution in [0.3, 0.4) is 0 Å². The Morgan fingerprint density at radius 3 is 1.50 bits per heavy atom. The van der Waals surface area contributed by atoms with Crippen LogP contribution in [-0.4, -0.2) is 71.7 Å². The SMILES string of the molecule is O=C(O)CC(=O)O[C@H]1CO[C@H]2[C@@H]1OC[C@H]2OC(=O)CC(=O)O. The average Bonchev–Trinajstić information content (AvgIpc) is 2.92. The minimum atomic E-state index is -1.31. The molecule has 0 aromatic heterocycles. The lowest BCUT2D eigenvalue weighted by atomic mass is 10.1. The van der Waals surface area contributed by atoms with E-state index in [1.807, 2.05) is 0 Å². The van der Waals surface area contributed by atoms with Gasteiger partial charge in [0.05, 0.1) is 13.2 Å². The van der Waals surface area contributed by atoms with E-state index in [9.17, 15) is 19.2 Å². The Kier molecular flexibility index (Phi) is 4.93. The van der Waals surface area contributed by atoms with Gasteiger partial charge in [0, 0.05) is 0 Å². The van der Waals surface area contributed by atoms with Crippen molar-refractivity contribution in [2.45, 2.75) is 37.3 Å². The van der Waals surface area contributed by atoms with Gasteiger partial charge in [0.15, 0.2) is 12.2 Å². The van der Waals surface area contributed by atoms with Gasteiger partial charge in [0.25, 0.3) is 0 Å². The van der Waals surface area contributed by atoms with Crippen LogP contribution < -0.4 is 0 Å². The van der Waals surface area contributed by atoms with Crippen molar-refractivity contribution < 1.29 is 48.3 Å². The first-order chi connectivity index (χ1) is 10.4. The minimum Gasteiger partial charge on any atom is -0.481 e. The van der Waals surface area contributed by atoms with Crippen molar-refractivity contribution in [3.8, 4) is 0 Å². The third-order valence-corrected chi connectivity index (χ3v) is 3.12. The van der Waals surface area contributed by atoms with Crippen LogP contribution >= 0.6 is 0 Å². The fraction of sp³-hybridized carbons (Fsp3) is 0.667. The van der Waals surface area contributed by atoms with Gasteiger partial charge in [-0.25, -0.2) is 0 Å². The fourth-order valence-electron chi connectivity index (χ4n) is 2.30. The van der Waals surface area contributed by atoms with Crippen LogP contribution in [0.4, 0.5) is 0 Å². The number of fused-ring (bicyclic) bond motifs is 1. The molecule has 0 spiro atoms. The van der Waals surface area contributed by atoms with Gasteiger partial charge in [0.1, 0.15) is 25.0 Å². The quantitative estimate of drug-likeness (QED) is 0.441. The summed E-state index contributed by atoms with van der Waals surface area (Å²) >= 11 is 0. The van der Waals surface area contributed by atoms with Gasteiger partial charge in [-0.15, -0.1) is 0 Å². The van der Waals surface area contributed by atoms with Crippen LogP contribution in [-0.2, 0) is 38.1 Å². The monoisotopic (exact) mass is 318 g/mol. The van der Waals surface area contributed by atoms with Gasteiger partial charge < -0.3 is 29.2 Å². The summed E-state index contributed by atoms with van der Waals surface area (Å²) in [7, 11) is 0. The number of rotatable bonds is 6. The highest BCUT2D eigenvalue weighted by atomic mass is 16.7. The van der Waals surface area contributed by atoms with Gasteiger partial charge >= 0.3 is 23.9 Å². The lowest BCUT2D eigenvalue weighted by molar-refractivity contribution is -0.159. The molecule has 0 amide bonds. The second kappa shape index (κ2) is 6.71. The van der Waals surface area contributed by atoms with Crippen LogP contribution in [0.5, 0.6) is 0 Å². The second-order valence-electron chi connectivity index (χ2n) is 4.79. The van der Waals surface area contributed by atoms with Gasteiger partial charge in [-0.3, -0.25) is 19.2 Å². The molecule has 122 valence electrons. The van der Waals surface area contributed by atoms with Crippen LogP contribution in [0, 0.1) is 0 Å². The Morgan fingerprint density at radius 1 is 0.818 bits per heavy atom. The van der Waals surface area contributed by atoms with E-state index in [0.717, 1.165) is 0 Å². The summed E-state index contributed by atoms with van der Waals surface area (Å²) in [6, 6.07) is 0. The maximum Gasteiger partial charge on any atom is 0.317 e. The standard InChI is InChI=1S/C12H14O10/c13-7(14)1-9(17)21-5-3-19-12-6(4-20-11(5)12)22-10(18)2-8(15)16/h5-6,11-12H,1-4H2,(H,13,14)(H,15,16)/t5-,6+,11-,12-/m1/s1. The Labute approximate surface area is 123 Å². The Morgan fingerprint density at radius 2 is 1.18 bits per heavy atom. The van der Waals surface area contributed by atoms with E-state index in [4.69, 9.17) is 29.2 Å². The molecule has 2 fully saturated rings. The van der Waals surface area contributed by atoms with Gasteiger partial charge in [-0.2, -0.15) is 0 Å². The molecule has 0 radical (unpaired) electrons. The van der Waals surface area contributed by atoms with E-state index in [1.54, 1.807) is 0 Å². The van der Waals surface area contributed by atoms with E-state index in [0.29, 0.717) is 0 Å². The summed E-state index contributed by atoms with van der Waals surface area (Å²) in [5, 5.41) is 17.0. The highest BCUT2D eigenvalue weighted by Gasteiger charge is 2.51. The van der Waals surface area contributed by atoms with Crippen LogP contribution in [0.2, 0.25) is 0 Å². The van der Waals surface area contributed by atoms with Crippen LogP contribution in [0.15, 0.2) is 0 Å². The normalized spacial score (nSPS) is 29.6. The molecule has 0 aromatic rings. The molecule has 10 nitrogen and oxygen atoms in total. The van der Waals surface area contributed by atoms with Crippen molar-refractivity contribution in [2.75, 3.05) is 13.2 Å². The van der Waals surface area contributed by atoms with Crippen molar-refractivity contribution in [3.05, 3.63) is 0 Å². The number of carbonyl (C=O) groups is 4. The van der Waals surface area contributed by atoms with E-state index in [-0.39, 0.29) is 13.2 Å². The van der Waals surface area contributed by atoms with E-state index < -0.39 is 61.1 Å². The lowest BCUT2D eigenvalue weighted by Crippen LogP contribution is -2.36. The molecule has 2 heterocycles.